The first kappa shape index (κ1) is 16.7. The summed E-state index contributed by atoms with van der Waals surface area (Å²) in [7, 11) is 0. The van der Waals surface area contributed by atoms with E-state index in [9.17, 15) is 4.39 Å². The molecule has 21 heavy (non-hydrogen) atoms. The number of hydrogen-bond acceptors (Lipinski definition) is 2. The van der Waals surface area contributed by atoms with Gasteiger partial charge in [-0.15, -0.1) is 0 Å². The quantitative estimate of drug-likeness (QED) is 0.813. The highest BCUT2D eigenvalue weighted by Crippen LogP contribution is 2.34. The van der Waals surface area contributed by atoms with Gasteiger partial charge in [-0.3, -0.25) is 0 Å². The largest absolute Gasteiger partial charge is 0.374 e. The first-order valence-corrected chi connectivity index (χ1v) is 8.28. The van der Waals surface area contributed by atoms with Gasteiger partial charge in [0.25, 0.3) is 0 Å². The fraction of sp³-hybridized carbons (Fsp3) is 0.647. The molecule has 1 aromatic carbocycles. The van der Waals surface area contributed by atoms with Crippen molar-refractivity contribution in [1.29, 1.82) is 0 Å². The van der Waals surface area contributed by atoms with E-state index < -0.39 is 0 Å². The third-order valence-electron chi connectivity index (χ3n) is 4.51. The van der Waals surface area contributed by atoms with Crippen LogP contribution in [0.4, 0.5) is 4.39 Å². The standard InChI is InChI=1S/C17H25ClFNO/c1-2-21-17(9-5-3-4-6-10-17)16(20)12-13-11-14(18)7-8-15(13)19/h7-8,11,16H,2-6,9-10,12,20H2,1H3. The average Bonchev–Trinajstić information content (AvgIpc) is 2.70. The molecule has 4 heteroatoms. The molecule has 0 spiro atoms. The molecule has 0 radical (unpaired) electrons. The first-order valence-electron chi connectivity index (χ1n) is 7.91. The van der Waals surface area contributed by atoms with Crippen LogP contribution in [0.3, 0.4) is 0 Å². The van der Waals surface area contributed by atoms with E-state index in [1.807, 2.05) is 6.92 Å². The molecule has 1 aromatic rings. The molecule has 0 saturated heterocycles. The predicted octanol–water partition coefficient (Wildman–Crippen LogP) is 4.48. The summed E-state index contributed by atoms with van der Waals surface area (Å²) in [4.78, 5) is 0. The Kier molecular flexibility index (Phi) is 6.03. The summed E-state index contributed by atoms with van der Waals surface area (Å²) < 4.78 is 20.0. The molecule has 0 aliphatic heterocycles. The SMILES string of the molecule is CCOC1(C(N)Cc2cc(Cl)ccc2F)CCCCCC1. The Balaban J connectivity index is 2.17. The van der Waals surface area contributed by atoms with Crippen LogP contribution in [0.1, 0.15) is 51.0 Å². The van der Waals surface area contributed by atoms with Gasteiger partial charge in [-0.2, -0.15) is 0 Å². The first-order chi connectivity index (χ1) is 10.1. The van der Waals surface area contributed by atoms with Crippen LogP contribution in [0.15, 0.2) is 18.2 Å². The fourth-order valence-corrected chi connectivity index (χ4v) is 3.55. The van der Waals surface area contributed by atoms with Crippen molar-refractivity contribution in [3.05, 3.63) is 34.6 Å². The molecule has 1 unspecified atom stereocenters. The van der Waals surface area contributed by atoms with Gasteiger partial charge in [0.1, 0.15) is 5.82 Å². The molecule has 2 nitrogen and oxygen atoms in total. The number of rotatable bonds is 5. The zero-order valence-corrected chi connectivity index (χ0v) is 13.5. The van der Waals surface area contributed by atoms with Crippen LogP contribution in [-0.2, 0) is 11.2 Å². The second-order valence-electron chi connectivity index (χ2n) is 5.96. The second-order valence-corrected chi connectivity index (χ2v) is 6.39. The highest BCUT2D eigenvalue weighted by atomic mass is 35.5. The maximum absolute atomic E-state index is 13.9. The smallest absolute Gasteiger partial charge is 0.126 e. The maximum Gasteiger partial charge on any atom is 0.126 e. The third kappa shape index (κ3) is 4.18. The molecular weight excluding hydrogens is 289 g/mol. The van der Waals surface area contributed by atoms with Crippen LogP contribution in [0.2, 0.25) is 5.02 Å². The molecule has 0 aromatic heterocycles. The fourth-order valence-electron chi connectivity index (χ4n) is 3.36. The highest BCUT2D eigenvalue weighted by molar-refractivity contribution is 6.30. The topological polar surface area (TPSA) is 35.2 Å². The predicted molar refractivity (Wildman–Crippen MR) is 85.1 cm³/mol. The Bertz CT molecular complexity index is 458. The minimum Gasteiger partial charge on any atom is -0.374 e. The zero-order chi connectivity index (χ0) is 15.3. The van der Waals surface area contributed by atoms with E-state index in [0.717, 1.165) is 25.7 Å². The number of halogens is 2. The van der Waals surface area contributed by atoms with Gasteiger partial charge in [0.15, 0.2) is 0 Å². The van der Waals surface area contributed by atoms with Crippen LogP contribution < -0.4 is 5.73 Å². The summed E-state index contributed by atoms with van der Waals surface area (Å²) in [5.74, 6) is -0.241. The van der Waals surface area contributed by atoms with Crippen molar-refractivity contribution in [2.24, 2.45) is 5.73 Å². The van der Waals surface area contributed by atoms with Gasteiger partial charge in [-0.05, 0) is 49.9 Å². The number of benzene rings is 1. The summed E-state index contributed by atoms with van der Waals surface area (Å²) in [6, 6.07) is 4.44. The molecule has 1 atom stereocenters. The lowest BCUT2D eigenvalue weighted by Crippen LogP contribution is -2.51. The minimum atomic E-state index is -0.319. The summed E-state index contributed by atoms with van der Waals surface area (Å²) in [6.07, 6.45) is 7.11. The number of ether oxygens (including phenoxy) is 1. The van der Waals surface area contributed by atoms with Crippen molar-refractivity contribution in [3.8, 4) is 0 Å². The second kappa shape index (κ2) is 7.57. The van der Waals surface area contributed by atoms with Crippen molar-refractivity contribution in [3.63, 3.8) is 0 Å². The van der Waals surface area contributed by atoms with E-state index in [1.54, 1.807) is 12.1 Å². The average molecular weight is 314 g/mol. The number of hydrogen-bond donors (Lipinski definition) is 1. The van der Waals surface area contributed by atoms with Crippen LogP contribution in [0, 0.1) is 5.82 Å². The van der Waals surface area contributed by atoms with Crippen LogP contribution in [-0.4, -0.2) is 18.2 Å². The van der Waals surface area contributed by atoms with Crippen molar-refractivity contribution in [1.82, 2.24) is 0 Å². The van der Waals surface area contributed by atoms with Gasteiger partial charge in [0.05, 0.1) is 5.60 Å². The number of nitrogens with two attached hydrogens (primary N) is 1. The zero-order valence-electron chi connectivity index (χ0n) is 12.7. The Hall–Kier alpha value is -0.640. The van der Waals surface area contributed by atoms with Crippen molar-refractivity contribution in [2.75, 3.05) is 6.61 Å². The summed E-state index contributed by atoms with van der Waals surface area (Å²) >= 11 is 5.97. The van der Waals surface area contributed by atoms with E-state index in [4.69, 9.17) is 22.1 Å². The highest BCUT2D eigenvalue weighted by Gasteiger charge is 2.38. The molecule has 0 bridgehead atoms. The van der Waals surface area contributed by atoms with Gasteiger partial charge in [0, 0.05) is 17.7 Å². The van der Waals surface area contributed by atoms with Gasteiger partial charge in [-0.25, -0.2) is 4.39 Å². The molecule has 2 N–H and O–H groups in total. The Morgan fingerprint density at radius 1 is 1.29 bits per heavy atom. The lowest BCUT2D eigenvalue weighted by atomic mass is 9.83. The summed E-state index contributed by atoms with van der Waals surface area (Å²) in [6.45, 7) is 2.64. The molecule has 1 aliphatic carbocycles. The van der Waals surface area contributed by atoms with E-state index in [-0.39, 0.29) is 17.5 Å². The minimum absolute atomic E-state index is 0.205. The van der Waals surface area contributed by atoms with E-state index in [2.05, 4.69) is 0 Å². The molecule has 1 saturated carbocycles. The van der Waals surface area contributed by atoms with Crippen molar-refractivity contribution < 1.29 is 9.13 Å². The Morgan fingerprint density at radius 2 is 1.95 bits per heavy atom. The molecule has 0 amide bonds. The van der Waals surface area contributed by atoms with Gasteiger partial charge in [-0.1, -0.05) is 37.3 Å². The lowest BCUT2D eigenvalue weighted by Gasteiger charge is -2.38. The normalized spacial score (nSPS) is 20.0. The van der Waals surface area contributed by atoms with Crippen LogP contribution >= 0.6 is 11.6 Å². The Morgan fingerprint density at radius 3 is 2.57 bits per heavy atom. The molecular formula is C17H25ClFNO. The lowest BCUT2D eigenvalue weighted by molar-refractivity contribution is -0.0684. The summed E-state index contributed by atoms with van der Waals surface area (Å²) in [5, 5.41) is 0.546. The van der Waals surface area contributed by atoms with Gasteiger partial charge in [0.2, 0.25) is 0 Å². The van der Waals surface area contributed by atoms with E-state index in [1.165, 1.54) is 18.9 Å². The molecule has 1 aliphatic rings. The molecule has 1 fully saturated rings. The monoisotopic (exact) mass is 313 g/mol. The maximum atomic E-state index is 13.9. The molecule has 2 rings (SSSR count). The van der Waals surface area contributed by atoms with Crippen molar-refractivity contribution in [2.45, 2.75) is 63.5 Å². The molecule has 118 valence electrons. The third-order valence-corrected chi connectivity index (χ3v) is 4.74. The van der Waals surface area contributed by atoms with Crippen LogP contribution in [0.5, 0.6) is 0 Å². The van der Waals surface area contributed by atoms with Crippen LogP contribution in [0.25, 0.3) is 0 Å². The van der Waals surface area contributed by atoms with Gasteiger partial charge < -0.3 is 10.5 Å². The summed E-state index contributed by atoms with van der Waals surface area (Å²) in [5.41, 5.74) is 6.72. The van der Waals surface area contributed by atoms with Gasteiger partial charge >= 0.3 is 0 Å². The van der Waals surface area contributed by atoms with E-state index in [0.29, 0.717) is 23.6 Å². The van der Waals surface area contributed by atoms with Crippen molar-refractivity contribution >= 4 is 11.6 Å². The van der Waals surface area contributed by atoms with E-state index >= 15 is 0 Å². The molecule has 0 heterocycles. The Labute approximate surface area is 131 Å².